The Morgan fingerprint density at radius 1 is 1.15 bits per heavy atom. The topological polar surface area (TPSA) is 18.5 Å². The molecule has 1 radical (unpaired) electrons. The molecule has 0 amide bonds. The van der Waals surface area contributed by atoms with Gasteiger partial charge in [0.1, 0.15) is 0 Å². The maximum Gasteiger partial charge on any atom is 0.0745 e. The third-order valence-corrected chi connectivity index (χ3v) is 1.52. The van der Waals surface area contributed by atoms with E-state index in [1.807, 2.05) is 13.0 Å². The molecule has 0 saturated carbocycles. The predicted molar refractivity (Wildman–Crippen MR) is 49.5 cm³/mol. The Hall–Kier alpha value is -0.0761. The summed E-state index contributed by atoms with van der Waals surface area (Å²) in [6.07, 6.45) is 0. The van der Waals surface area contributed by atoms with Gasteiger partial charge in [0, 0.05) is 38.5 Å². The fraction of sp³-hybridized carbons (Fsp3) is 0.300. The first-order chi connectivity index (χ1) is 5.29. The van der Waals surface area contributed by atoms with Crippen molar-refractivity contribution in [1.82, 2.24) is 0 Å². The molecular formula is C10H14O2Y-2. The molecule has 0 aliphatic carbocycles. The number of rotatable bonds is 2. The molecule has 0 N–H and O–H groups in total. The van der Waals surface area contributed by atoms with E-state index >= 15 is 0 Å². The standard InChI is InChI=1S/C9H11O2.CH3.Y/c1-7-5-4-6-8(10-2)9(7)11-3;;/h5-6H,1-3H3;1H3;/q2*-1;. The quantitative estimate of drug-likeness (QED) is 0.755. The molecule has 0 aliphatic heterocycles. The summed E-state index contributed by atoms with van der Waals surface area (Å²) in [5.41, 5.74) is 1.03. The van der Waals surface area contributed by atoms with Gasteiger partial charge in [-0.2, -0.15) is 12.1 Å². The maximum atomic E-state index is 5.12. The van der Waals surface area contributed by atoms with E-state index in [1.165, 1.54) is 0 Å². The van der Waals surface area contributed by atoms with Crippen molar-refractivity contribution in [1.29, 1.82) is 0 Å². The van der Waals surface area contributed by atoms with E-state index in [2.05, 4.69) is 6.07 Å². The van der Waals surface area contributed by atoms with Gasteiger partial charge in [-0.15, -0.1) is 11.6 Å². The first-order valence-electron chi connectivity index (χ1n) is 3.38. The fourth-order valence-electron chi connectivity index (χ4n) is 0.981. The summed E-state index contributed by atoms with van der Waals surface area (Å²) in [6.45, 7) is 1.96. The van der Waals surface area contributed by atoms with E-state index in [9.17, 15) is 0 Å². The summed E-state index contributed by atoms with van der Waals surface area (Å²) in [5, 5.41) is 0. The normalized spacial score (nSPS) is 7.92. The number of hydrogen-bond acceptors (Lipinski definition) is 2. The largest absolute Gasteiger partial charge is 0.551 e. The molecule has 1 rings (SSSR count). The summed E-state index contributed by atoms with van der Waals surface area (Å²) in [5.74, 6) is 1.51. The van der Waals surface area contributed by atoms with Crippen molar-refractivity contribution < 1.29 is 42.2 Å². The monoisotopic (exact) mass is 255 g/mol. The Kier molecular flexibility index (Phi) is 8.69. The minimum atomic E-state index is 0. The van der Waals surface area contributed by atoms with Crippen LogP contribution < -0.4 is 9.47 Å². The van der Waals surface area contributed by atoms with E-state index in [4.69, 9.17) is 9.47 Å². The first-order valence-corrected chi connectivity index (χ1v) is 3.38. The summed E-state index contributed by atoms with van der Waals surface area (Å²) in [6, 6.07) is 6.57. The second-order valence-corrected chi connectivity index (χ2v) is 2.24. The van der Waals surface area contributed by atoms with Crippen LogP contribution in [0.15, 0.2) is 12.1 Å². The van der Waals surface area contributed by atoms with E-state index in [0.717, 1.165) is 17.1 Å². The van der Waals surface area contributed by atoms with Gasteiger partial charge >= 0.3 is 0 Å². The van der Waals surface area contributed by atoms with Crippen molar-refractivity contribution in [3.63, 3.8) is 0 Å². The molecule has 0 aromatic heterocycles. The van der Waals surface area contributed by atoms with Crippen LogP contribution in [0.2, 0.25) is 0 Å². The minimum Gasteiger partial charge on any atom is -0.551 e. The van der Waals surface area contributed by atoms with E-state index < -0.39 is 0 Å². The van der Waals surface area contributed by atoms with E-state index in [1.54, 1.807) is 20.3 Å². The number of benzene rings is 1. The van der Waals surface area contributed by atoms with Crippen LogP contribution in [-0.2, 0) is 32.7 Å². The first kappa shape index (κ1) is 15.4. The minimum absolute atomic E-state index is 0. The third-order valence-electron chi connectivity index (χ3n) is 1.52. The Labute approximate surface area is 106 Å². The zero-order chi connectivity index (χ0) is 8.27. The third kappa shape index (κ3) is 3.66. The van der Waals surface area contributed by atoms with Crippen LogP contribution in [0.4, 0.5) is 0 Å². The van der Waals surface area contributed by atoms with E-state index in [0.29, 0.717) is 0 Å². The average Bonchev–Trinajstić information content (AvgIpc) is 2.04. The van der Waals surface area contributed by atoms with Crippen molar-refractivity contribution in [2.45, 2.75) is 6.92 Å². The molecule has 0 unspecified atom stereocenters. The summed E-state index contributed by atoms with van der Waals surface area (Å²) >= 11 is 0. The van der Waals surface area contributed by atoms with Crippen molar-refractivity contribution in [2.75, 3.05) is 14.2 Å². The summed E-state index contributed by atoms with van der Waals surface area (Å²) < 4.78 is 10.2. The maximum absolute atomic E-state index is 5.12. The van der Waals surface area contributed by atoms with Gasteiger partial charge in [-0.25, -0.2) is 0 Å². The van der Waals surface area contributed by atoms with Crippen LogP contribution >= 0.6 is 0 Å². The van der Waals surface area contributed by atoms with Gasteiger partial charge in [-0.05, 0) is 0 Å². The van der Waals surface area contributed by atoms with E-state index in [-0.39, 0.29) is 40.1 Å². The SMILES string of the molecule is COc1c[c-]cc(C)c1OC.[CH3-].[Y]. The van der Waals surface area contributed by atoms with Crippen LogP contribution in [0.3, 0.4) is 0 Å². The molecule has 0 fully saturated rings. The molecule has 0 atom stereocenters. The smallest absolute Gasteiger partial charge is 0.0745 e. The molecule has 1 aromatic carbocycles. The molecule has 1 aromatic rings. The fourth-order valence-corrected chi connectivity index (χ4v) is 0.981. The molecular weight excluding hydrogens is 241 g/mol. The van der Waals surface area contributed by atoms with Crippen LogP contribution in [0, 0.1) is 20.4 Å². The van der Waals surface area contributed by atoms with Crippen molar-refractivity contribution >= 4 is 0 Å². The predicted octanol–water partition coefficient (Wildman–Crippen LogP) is 2.26. The second-order valence-electron chi connectivity index (χ2n) is 2.24. The molecule has 0 aliphatic rings. The van der Waals surface area contributed by atoms with Crippen LogP contribution in [-0.4, -0.2) is 14.2 Å². The van der Waals surface area contributed by atoms with Crippen molar-refractivity contribution in [3.05, 3.63) is 31.2 Å². The summed E-state index contributed by atoms with van der Waals surface area (Å²) in [4.78, 5) is 0. The van der Waals surface area contributed by atoms with Crippen LogP contribution in [0.25, 0.3) is 0 Å². The molecule has 71 valence electrons. The van der Waals surface area contributed by atoms with Gasteiger partial charge in [0.25, 0.3) is 0 Å². The number of hydrogen-bond donors (Lipinski definition) is 0. The Balaban J connectivity index is 0. The van der Waals surface area contributed by atoms with Crippen LogP contribution in [0.5, 0.6) is 11.5 Å². The van der Waals surface area contributed by atoms with Crippen molar-refractivity contribution in [2.24, 2.45) is 0 Å². The molecule has 2 nitrogen and oxygen atoms in total. The number of aryl methyl sites for hydroxylation is 1. The van der Waals surface area contributed by atoms with Gasteiger partial charge in [0.15, 0.2) is 0 Å². The number of methoxy groups -OCH3 is 2. The van der Waals surface area contributed by atoms with Gasteiger partial charge in [-0.3, -0.25) is 0 Å². The Morgan fingerprint density at radius 3 is 2.15 bits per heavy atom. The molecule has 13 heavy (non-hydrogen) atoms. The van der Waals surface area contributed by atoms with Gasteiger partial charge in [0.05, 0.1) is 20.0 Å². The zero-order valence-corrected chi connectivity index (χ0v) is 11.4. The number of ether oxygens (including phenoxy) is 2. The van der Waals surface area contributed by atoms with Gasteiger partial charge < -0.3 is 16.9 Å². The van der Waals surface area contributed by atoms with Gasteiger partial charge in [0.2, 0.25) is 0 Å². The molecule has 0 heterocycles. The Morgan fingerprint density at radius 2 is 1.77 bits per heavy atom. The Bertz CT molecular complexity index is 249. The summed E-state index contributed by atoms with van der Waals surface area (Å²) in [7, 11) is 3.25. The molecule has 0 saturated heterocycles. The van der Waals surface area contributed by atoms with Gasteiger partial charge in [-0.1, -0.05) is 6.92 Å². The second kappa shape index (κ2) is 7.34. The molecule has 3 heteroatoms. The van der Waals surface area contributed by atoms with Crippen molar-refractivity contribution in [3.8, 4) is 11.5 Å². The zero-order valence-electron chi connectivity index (χ0n) is 8.55. The molecule has 0 bridgehead atoms. The average molecular weight is 255 g/mol. The van der Waals surface area contributed by atoms with Crippen LogP contribution in [0.1, 0.15) is 5.56 Å². The molecule has 0 spiro atoms.